The Balaban J connectivity index is 0.00000139. The molecule has 3 nitrogen and oxygen atoms in total. The maximum Gasteiger partial charge on any atom is 0.414 e. The highest BCUT2D eigenvalue weighted by atomic mass is 19.1. The van der Waals surface area contributed by atoms with E-state index in [0.29, 0.717) is 11.3 Å². The smallest absolute Gasteiger partial charge is 0.410 e. The molecular formula is C20H26FNO2. The minimum Gasteiger partial charge on any atom is -0.410 e. The first-order valence-electron chi connectivity index (χ1n) is 8.13. The fraction of sp³-hybridized carbons (Fsp3) is 0.350. The third-order valence-electron chi connectivity index (χ3n) is 3.51. The van der Waals surface area contributed by atoms with E-state index in [0.717, 1.165) is 16.3 Å². The van der Waals surface area contributed by atoms with Gasteiger partial charge in [-0.05, 0) is 40.5 Å². The van der Waals surface area contributed by atoms with E-state index in [9.17, 15) is 9.18 Å². The average molecular weight is 331 g/mol. The van der Waals surface area contributed by atoms with E-state index in [1.54, 1.807) is 32.3 Å². The molecule has 0 saturated carbocycles. The Labute approximate surface area is 143 Å². The van der Waals surface area contributed by atoms with Crippen molar-refractivity contribution >= 4 is 22.9 Å². The van der Waals surface area contributed by atoms with Crippen LogP contribution in [-0.2, 0) is 0 Å². The van der Waals surface area contributed by atoms with Gasteiger partial charge in [-0.15, -0.1) is 0 Å². The van der Waals surface area contributed by atoms with Crippen LogP contribution >= 0.6 is 0 Å². The highest BCUT2D eigenvalue weighted by Crippen LogP contribution is 2.34. The lowest BCUT2D eigenvalue weighted by molar-refractivity contribution is 0.172. The number of benzene rings is 2. The van der Waals surface area contributed by atoms with Gasteiger partial charge in [-0.1, -0.05) is 46.4 Å². The van der Waals surface area contributed by atoms with Gasteiger partial charge in [-0.3, -0.25) is 0 Å². The van der Waals surface area contributed by atoms with E-state index < -0.39 is 6.09 Å². The highest BCUT2D eigenvalue weighted by Gasteiger charge is 2.15. The molecule has 0 heterocycles. The summed E-state index contributed by atoms with van der Waals surface area (Å²) in [6.45, 7) is 11.7. The molecule has 0 aliphatic rings. The van der Waals surface area contributed by atoms with Crippen molar-refractivity contribution in [2.75, 3.05) is 14.1 Å². The summed E-state index contributed by atoms with van der Waals surface area (Å²) < 4.78 is 19.4. The molecule has 130 valence electrons. The van der Waals surface area contributed by atoms with Crippen LogP contribution in [0.5, 0.6) is 5.75 Å². The lowest BCUT2D eigenvalue weighted by Crippen LogP contribution is -2.25. The van der Waals surface area contributed by atoms with Crippen molar-refractivity contribution in [2.45, 2.75) is 33.6 Å². The minimum atomic E-state index is -0.444. The number of rotatable bonds is 3. The standard InChI is InChI=1S/C18H20FNO2.C2H6/c1-6-14-16(19)8-7-12-9-13(22-18(21)20(4)5)10-15(11(2)3)17(12)14;1-2/h6-11H,1H2,2-5H3;1-2H3. The Hall–Kier alpha value is -2.36. The average Bonchev–Trinajstić information content (AvgIpc) is 2.56. The van der Waals surface area contributed by atoms with Crippen LogP contribution in [0.3, 0.4) is 0 Å². The van der Waals surface area contributed by atoms with Crippen LogP contribution < -0.4 is 4.74 Å². The summed E-state index contributed by atoms with van der Waals surface area (Å²) in [6, 6.07) is 6.63. The van der Waals surface area contributed by atoms with Gasteiger partial charge in [0.25, 0.3) is 0 Å². The number of carbonyl (C=O) groups excluding carboxylic acids is 1. The molecule has 2 rings (SSSR count). The Kier molecular flexibility index (Phi) is 6.96. The maximum absolute atomic E-state index is 14.0. The number of nitrogens with zero attached hydrogens (tertiary/aromatic N) is 1. The predicted octanol–water partition coefficient (Wildman–Crippen LogP) is 5.83. The van der Waals surface area contributed by atoms with E-state index in [2.05, 4.69) is 6.58 Å². The van der Waals surface area contributed by atoms with Crippen LogP contribution in [0.4, 0.5) is 9.18 Å². The number of amides is 1. The van der Waals surface area contributed by atoms with Crippen molar-refractivity contribution in [3.63, 3.8) is 0 Å². The van der Waals surface area contributed by atoms with Crippen LogP contribution in [0.15, 0.2) is 30.8 Å². The number of halogens is 1. The van der Waals surface area contributed by atoms with Crippen LogP contribution in [0.2, 0.25) is 0 Å². The second-order valence-corrected chi connectivity index (χ2v) is 5.69. The second-order valence-electron chi connectivity index (χ2n) is 5.69. The zero-order chi connectivity index (χ0) is 18.4. The highest BCUT2D eigenvalue weighted by molar-refractivity contribution is 5.95. The van der Waals surface area contributed by atoms with Crippen molar-refractivity contribution in [2.24, 2.45) is 0 Å². The Morgan fingerprint density at radius 3 is 2.38 bits per heavy atom. The molecule has 2 aromatic rings. The lowest BCUT2D eigenvalue weighted by Gasteiger charge is -2.17. The van der Waals surface area contributed by atoms with Gasteiger partial charge in [0.2, 0.25) is 0 Å². The summed E-state index contributed by atoms with van der Waals surface area (Å²) in [4.78, 5) is 13.1. The molecular weight excluding hydrogens is 305 g/mol. The van der Waals surface area contributed by atoms with Gasteiger partial charge >= 0.3 is 6.09 Å². The molecule has 0 unspecified atom stereocenters. The van der Waals surface area contributed by atoms with Crippen LogP contribution in [-0.4, -0.2) is 25.1 Å². The molecule has 0 fully saturated rings. The second kappa shape index (κ2) is 8.48. The van der Waals surface area contributed by atoms with Crippen molar-refractivity contribution < 1.29 is 13.9 Å². The first-order valence-corrected chi connectivity index (χ1v) is 8.13. The van der Waals surface area contributed by atoms with Gasteiger partial charge in [-0.2, -0.15) is 0 Å². The van der Waals surface area contributed by atoms with E-state index in [1.807, 2.05) is 27.7 Å². The summed E-state index contributed by atoms with van der Waals surface area (Å²) in [5.41, 5.74) is 1.40. The third kappa shape index (κ3) is 4.13. The predicted molar refractivity (Wildman–Crippen MR) is 99.1 cm³/mol. The molecule has 0 aromatic heterocycles. The molecule has 0 atom stereocenters. The molecule has 0 bridgehead atoms. The summed E-state index contributed by atoms with van der Waals surface area (Å²) in [5, 5.41) is 1.64. The topological polar surface area (TPSA) is 29.5 Å². The Morgan fingerprint density at radius 1 is 1.25 bits per heavy atom. The molecule has 4 heteroatoms. The molecule has 0 N–H and O–H groups in total. The molecule has 0 aliphatic carbocycles. The number of hydrogen-bond acceptors (Lipinski definition) is 2. The van der Waals surface area contributed by atoms with Crippen molar-refractivity contribution in [1.29, 1.82) is 0 Å². The van der Waals surface area contributed by atoms with Gasteiger partial charge in [0.05, 0.1) is 0 Å². The van der Waals surface area contributed by atoms with E-state index in [1.165, 1.54) is 17.0 Å². The number of fused-ring (bicyclic) bond motifs is 1. The largest absolute Gasteiger partial charge is 0.414 e. The van der Waals surface area contributed by atoms with Crippen LogP contribution in [0.1, 0.15) is 44.7 Å². The van der Waals surface area contributed by atoms with Crippen LogP contribution in [0, 0.1) is 5.82 Å². The monoisotopic (exact) mass is 331 g/mol. The number of ether oxygens (including phenoxy) is 1. The van der Waals surface area contributed by atoms with E-state index in [4.69, 9.17) is 4.74 Å². The fourth-order valence-corrected chi connectivity index (χ4v) is 2.38. The minimum absolute atomic E-state index is 0.154. The molecule has 0 radical (unpaired) electrons. The molecule has 1 amide bonds. The van der Waals surface area contributed by atoms with Gasteiger partial charge in [0.1, 0.15) is 11.6 Å². The zero-order valence-corrected chi connectivity index (χ0v) is 15.3. The van der Waals surface area contributed by atoms with Crippen molar-refractivity contribution in [3.05, 3.63) is 47.8 Å². The first kappa shape index (κ1) is 19.7. The van der Waals surface area contributed by atoms with Crippen molar-refractivity contribution in [1.82, 2.24) is 4.90 Å². The normalized spacial score (nSPS) is 10.2. The molecule has 0 aliphatic heterocycles. The van der Waals surface area contributed by atoms with E-state index >= 15 is 0 Å². The fourth-order valence-electron chi connectivity index (χ4n) is 2.38. The summed E-state index contributed by atoms with van der Waals surface area (Å²) in [7, 11) is 3.25. The summed E-state index contributed by atoms with van der Waals surface area (Å²) in [6.07, 6.45) is 1.08. The van der Waals surface area contributed by atoms with Crippen molar-refractivity contribution in [3.8, 4) is 5.75 Å². The Bertz CT molecular complexity index is 736. The molecule has 24 heavy (non-hydrogen) atoms. The summed E-state index contributed by atoms with van der Waals surface area (Å²) >= 11 is 0. The lowest BCUT2D eigenvalue weighted by atomic mass is 9.92. The first-order chi connectivity index (χ1) is 11.3. The van der Waals surface area contributed by atoms with Gasteiger partial charge < -0.3 is 9.64 Å². The Morgan fingerprint density at radius 2 is 1.88 bits per heavy atom. The van der Waals surface area contributed by atoms with Crippen LogP contribution in [0.25, 0.3) is 16.8 Å². The van der Waals surface area contributed by atoms with Gasteiger partial charge in [-0.25, -0.2) is 9.18 Å². The maximum atomic E-state index is 14.0. The molecule has 2 aromatic carbocycles. The number of carbonyl (C=O) groups is 1. The number of hydrogen-bond donors (Lipinski definition) is 0. The quantitative estimate of drug-likeness (QED) is 0.708. The third-order valence-corrected chi connectivity index (χ3v) is 3.51. The molecule has 0 saturated heterocycles. The van der Waals surface area contributed by atoms with Gasteiger partial charge in [0, 0.05) is 19.7 Å². The van der Waals surface area contributed by atoms with Gasteiger partial charge in [0.15, 0.2) is 0 Å². The summed E-state index contributed by atoms with van der Waals surface area (Å²) in [5.74, 6) is 0.306. The molecule has 0 spiro atoms. The SMILES string of the molecule is C=Cc1c(F)ccc2cc(OC(=O)N(C)C)cc(C(C)C)c12.CC. The van der Waals surface area contributed by atoms with E-state index in [-0.39, 0.29) is 11.7 Å². The zero-order valence-electron chi connectivity index (χ0n) is 15.3.